The Bertz CT molecular complexity index is 1190. The molecular formula is C28H33F3N3O3S-. The quantitative estimate of drug-likeness (QED) is 0.460. The van der Waals surface area contributed by atoms with Gasteiger partial charge in [0.25, 0.3) is 0 Å². The van der Waals surface area contributed by atoms with Gasteiger partial charge in [-0.05, 0) is 80.8 Å². The smallest absolute Gasteiger partial charge is 0.416 e. The predicted molar refractivity (Wildman–Crippen MR) is 139 cm³/mol. The molecule has 3 aliphatic rings. The third kappa shape index (κ3) is 4.98. The van der Waals surface area contributed by atoms with Crippen molar-refractivity contribution in [2.45, 2.75) is 68.0 Å². The second-order valence-corrected chi connectivity index (χ2v) is 11.9. The molecule has 6 nitrogen and oxygen atoms in total. The van der Waals surface area contributed by atoms with Gasteiger partial charge in [0.1, 0.15) is 0 Å². The van der Waals surface area contributed by atoms with Crippen LogP contribution in [0.25, 0.3) is 0 Å². The first-order valence-electron chi connectivity index (χ1n) is 13.2. The van der Waals surface area contributed by atoms with Gasteiger partial charge in [-0.1, -0.05) is 47.8 Å². The summed E-state index contributed by atoms with van der Waals surface area (Å²) >= 11 is -2.61. The minimum absolute atomic E-state index is 0.00757. The van der Waals surface area contributed by atoms with Crippen LogP contribution in [-0.4, -0.2) is 45.4 Å². The number of rotatable bonds is 7. The molecule has 2 saturated carbocycles. The van der Waals surface area contributed by atoms with E-state index in [0.29, 0.717) is 19.0 Å². The molecule has 206 valence electrons. The van der Waals surface area contributed by atoms with Crippen LogP contribution in [0, 0.1) is 5.92 Å². The summed E-state index contributed by atoms with van der Waals surface area (Å²) in [5.41, 5.74) is -0.161. The van der Waals surface area contributed by atoms with Gasteiger partial charge in [-0.15, -0.1) is 0 Å². The van der Waals surface area contributed by atoms with Gasteiger partial charge in [-0.25, -0.2) is 4.79 Å². The highest BCUT2D eigenvalue weighted by molar-refractivity contribution is 7.78. The Morgan fingerprint density at radius 2 is 1.76 bits per heavy atom. The van der Waals surface area contributed by atoms with Gasteiger partial charge in [0.05, 0.1) is 17.6 Å². The van der Waals surface area contributed by atoms with E-state index >= 15 is 0 Å². The van der Waals surface area contributed by atoms with Crippen LogP contribution >= 0.6 is 0 Å². The number of alkyl halides is 3. The minimum atomic E-state index is -4.61. The van der Waals surface area contributed by atoms with Gasteiger partial charge in [0.15, 0.2) is 0 Å². The van der Waals surface area contributed by atoms with Crippen LogP contribution in [0.1, 0.15) is 61.6 Å². The first kappa shape index (κ1) is 27.1. The summed E-state index contributed by atoms with van der Waals surface area (Å²) < 4.78 is 63.4. The summed E-state index contributed by atoms with van der Waals surface area (Å²) in [5, 5.41) is 3.53. The van der Waals surface area contributed by atoms with E-state index in [1.54, 1.807) is 0 Å². The van der Waals surface area contributed by atoms with Crippen LogP contribution in [-0.2, 0) is 28.5 Å². The maximum absolute atomic E-state index is 13.9. The molecular weight excluding hydrogens is 515 g/mol. The van der Waals surface area contributed by atoms with Crippen LogP contribution in [0.5, 0.6) is 0 Å². The minimum Gasteiger partial charge on any atom is -0.772 e. The van der Waals surface area contributed by atoms with Crippen molar-refractivity contribution >= 4 is 22.8 Å². The Morgan fingerprint density at radius 3 is 2.32 bits per heavy atom. The van der Waals surface area contributed by atoms with Crippen molar-refractivity contribution in [3.63, 3.8) is 0 Å². The fraction of sp³-hybridized carbons (Fsp3) is 0.536. The molecule has 0 bridgehead atoms. The molecule has 0 aromatic heterocycles. The molecule has 2 aliphatic carbocycles. The van der Waals surface area contributed by atoms with Crippen LogP contribution < -0.4 is 10.2 Å². The molecule has 0 radical (unpaired) electrons. The molecule has 38 heavy (non-hydrogen) atoms. The molecule has 5 rings (SSSR count). The summed E-state index contributed by atoms with van der Waals surface area (Å²) in [6.07, 6.45) is 1.74. The molecule has 1 N–H and O–H groups in total. The van der Waals surface area contributed by atoms with Gasteiger partial charge < -0.3 is 14.8 Å². The average Bonchev–Trinajstić information content (AvgIpc) is 3.12. The van der Waals surface area contributed by atoms with E-state index in [1.165, 1.54) is 16.5 Å². The maximum atomic E-state index is 13.9. The van der Waals surface area contributed by atoms with E-state index in [0.717, 1.165) is 57.1 Å². The molecule has 2 aromatic rings. The third-order valence-electron chi connectivity index (χ3n) is 8.96. The molecule has 2 aromatic carbocycles. The lowest BCUT2D eigenvalue weighted by molar-refractivity contribution is -0.137. The number of carbonyl (C=O) groups is 1. The molecule has 1 aliphatic heterocycles. The summed E-state index contributed by atoms with van der Waals surface area (Å²) in [6, 6.07) is 13.1. The highest BCUT2D eigenvalue weighted by atomic mass is 32.2. The fourth-order valence-corrected chi connectivity index (χ4v) is 6.95. The Hall–Kier alpha value is -2.43. The number of nitrogens with one attached hydrogen (secondary N) is 1. The van der Waals surface area contributed by atoms with Gasteiger partial charge in [0, 0.05) is 23.5 Å². The Kier molecular flexibility index (Phi) is 7.34. The summed E-state index contributed by atoms with van der Waals surface area (Å²) in [7, 11) is 1.96. The van der Waals surface area contributed by atoms with Gasteiger partial charge in [-0.3, -0.25) is 9.11 Å². The molecule has 2 amide bonds. The second-order valence-electron chi connectivity index (χ2n) is 11.0. The second kappa shape index (κ2) is 10.3. The first-order valence-corrected chi connectivity index (χ1v) is 14.4. The number of anilines is 1. The average molecular weight is 549 g/mol. The normalized spacial score (nSPS) is 27.1. The number of halogens is 3. The van der Waals surface area contributed by atoms with Crippen molar-refractivity contribution in [3.05, 3.63) is 65.2 Å². The zero-order valence-electron chi connectivity index (χ0n) is 21.4. The predicted octanol–water partition coefficient (Wildman–Crippen LogP) is 5.55. The molecule has 3 fully saturated rings. The van der Waals surface area contributed by atoms with E-state index < -0.39 is 34.1 Å². The highest BCUT2D eigenvalue weighted by Crippen LogP contribution is 2.49. The van der Waals surface area contributed by atoms with E-state index in [1.807, 2.05) is 30.1 Å². The lowest BCUT2D eigenvalue weighted by Gasteiger charge is -2.49. The van der Waals surface area contributed by atoms with E-state index in [9.17, 15) is 26.7 Å². The molecule has 1 saturated heterocycles. The number of hydrogen-bond acceptors (Lipinski definition) is 4. The van der Waals surface area contributed by atoms with Gasteiger partial charge in [-0.2, -0.15) is 13.2 Å². The fourth-order valence-electron chi connectivity index (χ4n) is 6.47. The van der Waals surface area contributed by atoms with Crippen LogP contribution in [0.15, 0.2) is 48.5 Å². The topological polar surface area (TPSA) is 75.7 Å². The Balaban J connectivity index is 1.49. The molecule has 1 atom stereocenters. The van der Waals surface area contributed by atoms with Crippen LogP contribution in [0.4, 0.5) is 23.7 Å². The molecule has 1 spiro atoms. The number of carbonyl (C=O) groups excluding carboxylic acids is 1. The number of amides is 2. The number of urea groups is 1. The Labute approximate surface area is 223 Å². The highest BCUT2D eigenvalue weighted by Gasteiger charge is 2.54. The third-order valence-corrected chi connectivity index (χ3v) is 9.51. The van der Waals surface area contributed by atoms with E-state index in [4.69, 9.17) is 0 Å². The van der Waals surface area contributed by atoms with Crippen molar-refractivity contribution in [2.24, 2.45) is 5.92 Å². The largest absolute Gasteiger partial charge is 0.772 e. The van der Waals surface area contributed by atoms with Crippen molar-refractivity contribution in [3.8, 4) is 0 Å². The first-order chi connectivity index (χ1) is 18.1. The molecule has 1 heterocycles. The number of nitrogens with zero attached hydrogens (tertiary/aromatic N) is 2. The van der Waals surface area contributed by atoms with Crippen molar-refractivity contribution in [2.75, 3.05) is 25.0 Å². The van der Waals surface area contributed by atoms with Crippen LogP contribution in [0.2, 0.25) is 0 Å². The molecule has 10 heteroatoms. The van der Waals surface area contributed by atoms with E-state index in [-0.39, 0.29) is 22.8 Å². The number of hydrogen-bond donors (Lipinski definition) is 1. The summed E-state index contributed by atoms with van der Waals surface area (Å²) in [4.78, 5) is 17.4. The lowest BCUT2D eigenvalue weighted by Crippen LogP contribution is -2.56. The number of benzene rings is 2. The lowest BCUT2D eigenvalue weighted by atomic mass is 9.68. The van der Waals surface area contributed by atoms with Gasteiger partial charge in [0.2, 0.25) is 0 Å². The monoisotopic (exact) mass is 548 g/mol. The van der Waals surface area contributed by atoms with E-state index in [2.05, 4.69) is 17.4 Å². The van der Waals surface area contributed by atoms with Crippen molar-refractivity contribution in [1.29, 1.82) is 0 Å². The van der Waals surface area contributed by atoms with Crippen molar-refractivity contribution < 1.29 is 26.7 Å². The SMILES string of the molecule is CNC1(c2ccccc2)CCC2(CC1)CN(c1ccc(C(F)(F)F)cc1CS(=O)[O-])C(=O)N2CC1CCC1. The van der Waals surface area contributed by atoms with Crippen LogP contribution in [0.3, 0.4) is 0 Å². The molecule has 1 unspecified atom stereocenters. The summed E-state index contributed by atoms with van der Waals surface area (Å²) in [6.45, 7) is 0.952. The van der Waals surface area contributed by atoms with Crippen molar-refractivity contribution in [1.82, 2.24) is 10.2 Å². The summed E-state index contributed by atoms with van der Waals surface area (Å²) in [5.74, 6) is -0.169. The standard InChI is InChI=1S/C28H34F3N3O3S/c1-32-27(22-8-3-2-4-9-22)14-12-26(13-15-27)19-33(25(35)34(26)17-20-6-5-7-20)24-11-10-23(28(29,30)31)16-21(24)18-38(36)37/h2-4,8-11,16,20,32H,5-7,12-15,17-19H2,1H3,(H,36,37)/p-1. The maximum Gasteiger partial charge on any atom is 0.416 e. The zero-order chi connectivity index (χ0) is 27.1. The Morgan fingerprint density at radius 1 is 1.08 bits per heavy atom. The van der Waals surface area contributed by atoms with Gasteiger partial charge >= 0.3 is 12.2 Å². The zero-order valence-corrected chi connectivity index (χ0v) is 22.2.